The average Bonchev–Trinajstić information content (AvgIpc) is 2.20. The molecule has 1 aliphatic heterocycles. The fourth-order valence-corrected chi connectivity index (χ4v) is 3.98. The standard InChI is InChI=1S/C12H25IO4Si/c1-7-9(14)10(8(13)11(15)16-7)17-18(5,6)12(2,3)4/h7-11,14-15H,1-6H3/t7-,8-,9+,10-,11-/m0/s1. The summed E-state index contributed by atoms with van der Waals surface area (Å²) >= 11 is 2.10. The number of rotatable bonds is 2. The summed E-state index contributed by atoms with van der Waals surface area (Å²) in [6.45, 7) is 12.5. The maximum atomic E-state index is 10.2. The van der Waals surface area contributed by atoms with Crippen molar-refractivity contribution in [3.05, 3.63) is 0 Å². The fraction of sp³-hybridized carbons (Fsp3) is 1.00. The van der Waals surface area contributed by atoms with Gasteiger partial charge in [-0.25, -0.2) is 0 Å². The van der Waals surface area contributed by atoms with Crippen LogP contribution in [0.3, 0.4) is 0 Å². The van der Waals surface area contributed by atoms with E-state index in [-0.39, 0.29) is 15.1 Å². The highest BCUT2D eigenvalue weighted by Crippen LogP contribution is 2.40. The third-order valence-corrected chi connectivity index (χ3v) is 9.79. The molecule has 0 aliphatic carbocycles. The van der Waals surface area contributed by atoms with Gasteiger partial charge in [0.05, 0.1) is 16.1 Å². The SMILES string of the molecule is C[C@@H]1O[C@H](O)[C@@H](I)[C@H](O[Si](C)(C)C(C)(C)C)[C@@H]1O. The molecule has 0 aromatic rings. The Bertz CT molecular complexity index is 278. The van der Waals surface area contributed by atoms with Gasteiger partial charge in [0.15, 0.2) is 14.6 Å². The zero-order chi connectivity index (χ0) is 14.3. The van der Waals surface area contributed by atoms with Gasteiger partial charge in [0.1, 0.15) is 6.10 Å². The maximum Gasteiger partial charge on any atom is 0.192 e. The molecule has 0 unspecified atom stereocenters. The van der Waals surface area contributed by atoms with Gasteiger partial charge in [-0.2, -0.15) is 0 Å². The Morgan fingerprint density at radius 1 is 1.22 bits per heavy atom. The van der Waals surface area contributed by atoms with E-state index in [2.05, 4.69) is 56.5 Å². The summed E-state index contributed by atoms with van der Waals surface area (Å²) in [6, 6.07) is 0. The quantitative estimate of drug-likeness (QED) is 0.433. The monoisotopic (exact) mass is 388 g/mol. The van der Waals surface area contributed by atoms with Crippen molar-refractivity contribution in [3.8, 4) is 0 Å². The van der Waals surface area contributed by atoms with Crippen LogP contribution in [0.15, 0.2) is 0 Å². The molecule has 0 radical (unpaired) electrons. The van der Waals surface area contributed by atoms with E-state index in [1.165, 1.54) is 0 Å². The second kappa shape index (κ2) is 5.65. The molecule has 1 heterocycles. The molecular formula is C12H25IO4Si. The van der Waals surface area contributed by atoms with E-state index in [0.717, 1.165) is 0 Å². The van der Waals surface area contributed by atoms with Crippen LogP contribution in [-0.2, 0) is 9.16 Å². The molecule has 1 saturated heterocycles. The first kappa shape index (κ1) is 16.8. The zero-order valence-electron chi connectivity index (χ0n) is 12.0. The summed E-state index contributed by atoms with van der Waals surface area (Å²) in [5.41, 5.74) is 0. The van der Waals surface area contributed by atoms with Crippen molar-refractivity contribution < 1.29 is 19.4 Å². The molecule has 0 aromatic heterocycles. The van der Waals surface area contributed by atoms with Crippen molar-refractivity contribution >= 4 is 30.9 Å². The highest BCUT2D eigenvalue weighted by atomic mass is 127. The molecule has 0 saturated carbocycles. The molecule has 2 N–H and O–H groups in total. The summed E-state index contributed by atoms with van der Waals surface area (Å²) in [5, 5.41) is 20.1. The van der Waals surface area contributed by atoms with Crippen molar-refractivity contribution in [2.45, 2.75) is 74.4 Å². The molecule has 1 aliphatic rings. The lowest BCUT2D eigenvalue weighted by Crippen LogP contribution is -2.59. The topological polar surface area (TPSA) is 58.9 Å². The lowest BCUT2D eigenvalue weighted by atomic mass is 10.0. The molecule has 1 fully saturated rings. The van der Waals surface area contributed by atoms with E-state index >= 15 is 0 Å². The summed E-state index contributed by atoms with van der Waals surface area (Å²) < 4.78 is 11.3. The van der Waals surface area contributed by atoms with Gasteiger partial charge < -0.3 is 19.4 Å². The van der Waals surface area contributed by atoms with Crippen molar-refractivity contribution in [3.63, 3.8) is 0 Å². The molecule has 108 valence electrons. The normalized spacial score (nSPS) is 38.8. The van der Waals surface area contributed by atoms with Gasteiger partial charge in [-0.05, 0) is 25.1 Å². The Kier molecular flexibility index (Phi) is 5.29. The summed E-state index contributed by atoms with van der Waals surface area (Å²) in [5.74, 6) is 0. The fourth-order valence-electron chi connectivity index (χ4n) is 1.64. The van der Waals surface area contributed by atoms with Crippen LogP contribution in [0.25, 0.3) is 0 Å². The smallest absolute Gasteiger partial charge is 0.192 e. The van der Waals surface area contributed by atoms with Gasteiger partial charge in [-0.15, -0.1) is 0 Å². The van der Waals surface area contributed by atoms with Gasteiger partial charge in [0.2, 0.25) is 0 Å². The minimum absolute atomic E-state index is 0.0789. The maximum absolute atomic E-state index is 10.2. The number of ether oxygens (including phenoxy) is 1. The number of hydrogen-bond donors (Lipinski definition) is 2. The van der Waals surface area contributed by atoms with Gasteiger partial charge in [0.25, 0.3) is 0 Å². The summed E-state index contributed by atoms with van der Waals surface area (Å²) in [4.78, 5) is 0. The predicted octanol–water partition coefficient (Wildman–Crippen LogP) is 2.28. The van der Waals surface area contributed by atoms with Crippen molar-refractivity contribution in [2.24, 2.45) is 0 Å². The van der Waals surface area contributed by atoms with E-state index in [4.69, 9.17) is 9.16 Å². The van der Waals surface area contributed by atoms with E-state index in [1.807, 2.05) is 0 Å². The summed E-state index contributed by atoms with van der Waals surface area (Å²) in [7, 11) is -1.97. The number of halogens is 1. The predicted molar refractivity (Wildman–Crippen MR) is 82.4 cm³/mol. The Morgan fingerprint density at radius 3 is 2.17 bits per heavy atom. The van der Waals surface area contributed by atoms with Gasteiger partial charge in [-0.1, -0.05) is 43.4 Å². The molecule has 5 atom stereocenters. The van der Waals surface area contributed by atoms with E-state index in [0.29, 0.717) is 0 Å². The van der Waals surface area contributed by atoms with E-state index in [9.17, 15) is 10.2 Å². The molecular weight excluding hydrogens is 363 g/mol. The Morgan fingerprint density at radius 2 is 1.72 bits per heavy atom. The van der Waals surface area contributed by atoms with Crippen molar-refractivity contribution in [1.82, 2.24) is 0 Å². The highest BCUT2D eigenvalue weighted by molar-refractivity contribution is 14.1. The van der Waals surface area contributed by atoms with Gasteiger partial charge in [-0.3, -0.25) is 0 Å². The first-order valence-electron chi connectivity index (χ1n) is 6.31. The minimum atomic E-state index is -1.97. The Labute approximate surface area is 124 Å². The number of aliphatic hydroxyl groups excluding tert-OH is 2. The number of alkyl halides is 1. The van der Waals surface area contributed by atoms with Crippen LogP contribution in [0.4, 0.5) is 0 Å². The number of hydrogen-bond acceptors (Lipinski definition) is 4. The molecule has 0 aromatic carbocycles. The molecule has 1 rings (SSSR count). The molecule has 0 spiro atoms. The lowest BCUT2D eigenvalue weighted by molar-refractivity contribution is -0.215. The largest absolute Gasteiger partial charge is 0.410 e. The molecule has 0 bridgehead atoms. The van der Waals surface area contributed by atoms with Crippen LogP contribution < -0.4 is 0 Å². The van der Waals surface area contributed by atoms with Crippen molar-refractivity contribution in [1.29, 1.82) is 0 Å². The first-order chi connectivity index (χ1) is 7.97. The van der Waals surface area contributed by atoms with Crippen LogP contribution in [0.1, 0.15) is 27.7 Å². The second-order valence-electron chi connectivity index (χ2n) is 6.51. The van der Waals surface area contributed by atoms with E-state index < -0.39 is 26.8 Å². The van der Waals surface area contributed by atoms with Crippen LogP contribution in [-0.4, -0.2) is 47.1 Å². The molecule has 6 heteroatoms. The lowest BCUT2D eigenvalue weighted by Gasteiger charge is -2.46. The summed E-state index contributed by atoms with van der Waals surface area (Å²) in [6.07, 6.45) is -2.34. The average molecular weight is 388 g/mol. The minimum Gasteiger partial charge on any atom is -0.410 e. The Balaban J connectivity index is 2.87. The van der Waals surface area contributed by atoms with Crippen LogP contribution in [0, 0.1) is 0 Å². The van der Waals surface area contributed by atoms with Gasteiger partial charge >= 0.3 is 0 Å². The van der Waals surface area contributed by atoms with Crippen LogP contribution in [0.5, 0.6) is 0 Å². The van der Waals surface area contributed by atoms with Gasteiger partial charge in [0, 0.05) is 0 Å². The molecule has 0 amide bonds. The third kappa shape index (κ3) is 3.46. The van der Waals surface area contributed by atoms with Crippen LogP contribution >= 0.6 is 22.6 Å². The number of aliphatic hydroxyl groups is 2. The second-order valence-corrected chi connectivity index (χ2v) is 12.7. The third-order valence-electron chi connectivity index (χ3n) is 3.99. The highest BCUT2D eigenvalue weighted by Gasteiger charge is 2.47. The zero-order valence-corrected chi connectivity index (χ0v) is 15.1. The molecule has 4 nitrogen and oxygen atoms in total. The van der Waals surface area contributed by atoms with E-state index in [1.54, 1.807) is 6.92 Å². The first-order valence-corrected chi connectivity index (χ1v) is 10.5. The Hall–Kier alpha value is 0.787. The van der Waals surface area contributed by atoms with Crippen LogP contribution in [0.2, 0.25) is 18.1 Å². The van der Waals surface area contributed by atoms with Crippen molar-refractivity contribution in [2.75, 3.05) is 0 Å². The molecule has 18 heavy (non-hydrogen) atoms.